The van der Waals surface area contributed by atoms with Gasteiger partial charge in [0.05, 0.1) is 0 Å². The van der Waals surface area contributed by atoms with Gasteiger partial charge in [-0.2, -0.15) is 0 Å². The summed E-state index contributed by atoms with van der Waals surface area (Å²) in [7, 11) is 0. The van der Waals surface area contributed by atoms with E-state index >= 15 is 0 Å². The van der Waals surface area contributed by atoms with E-state index in [1.807, 2.05) is 65.6 Å². The summed E-state index contributed by atoms with van der Waals surface area (Å²) >= 11 is 2.95. The molecular weight excluding hydrogens is 376 g/mol. The van der Waals surface area contributed by atoms with Crippen LogP contribution in [0.3, 0.4) is 0 Å². The first kappa shape index (κ1) is 18.0. The van der Waals surface area contributed by atoms with E-state index in [0.717, 1.165) is 46.7 Å². The van der Waals surface area contributed by atoms with Crippen molar-refractivity contribution in [3.63, 3.8) is 0 Å². The maximum Gasteiger partial charge on any atom is 0.240 e. The lowest BCUT2D eigenvalue weighted by molar-refractivity contribution is -0.129. The summed E-state index contributed by atoms with van der Waals surface area (Å²) in [5.41, 5.74) is 1.98. The van der Waals surface area contributed by atoms with Crippen LogP contribution >= 0.6 is 23.1 Å². The van der Waals surface area contributed by atoms with Crippen molar-refractivity contribution in [2.45, 2.75) is 22.4 Å². The highest BCUT2D eigenvalue weighted by Gasteiger charge is 2.29. The summed E-state index contributed by atoms with van der Waals surface area (Å²) in [4.78, 5) is 15.1. The lowest BCUT2D eigenvalue weighted by atomic mass is 10.1. The minimum absolute atomic E-state index is 0.163. The molecule has 0 aliphatic carbocycles. The predicted molar refractivity (Wildman–Crippen MR) is 110 cm³/mol. The quantitative estimate of drug-likeness (QED) is 0.610. The topological polar surface area (TPSA) is 58.1 Å². The number of anilines is 2. The van der Waals surface area contributed by atoms with E-state index in [1.165, 1.54) is 23.1 Å². The van der Waals surface area contributed by atoms with E-state index in [-0.39, 0.29) is 11.2 Å². The molecule has 1 N–H and O–H groups in total. The predicted octanol–water partition coefficient (Wildman–Crippen LogP) is 4.74. The second-order valence-corrected chi connectivity index (χ2v) is 8.63. The molecule has 7 heteroatoms. The zero-order chi connectivity index (χ0) is 18.5. The van der Waals surface area contributed by atoms with Crippen molar-refractivity contribution in [1.29, 1.82) is 0 Å². The van der Waals surface area contributed by atoms with Crippen molar-refractivity contribution in [1.82, 2.24) is 15.1 Å². The third kappa shape index (κ3) is 4.48. The van der Waals surface area contributed by atoms with Gasteiger partial charge in [-0.15, -0.1) is 10.2 Å². The Hall–Kier alpha value is -2.38. The maximum atomic E-state index is 13.1. The van der Waals surface area contributed by atoms with Crippen LogP contribution in [-0.2, 0) is 4.79 Å². The van der Waals surface area contributed by atoms with Gasteiger partial charge >= 0.3 is 0 Å². The maximum absolute atomic E-state index is 13.1. The van der Waals surface area contributed by atoms with Crippen LogP contribution < -0.4 is 5.32 Å². The summed E-state index contributed by atoms with van der Waals surface area (Å²) in [5, 5.41) is 12.2. The molecule has 3 aromatic rings. The summed E-state index contributed by atoms with van der Waals surface area (Å²) < 4.78 is 0.787. The molecule has 1 atom stereocenters. The monoisotopic (exact) mass is 396 g/mol. The highest BCUT2D eigenvalue weighted by Crippen LogP contribution is 2.39. The Labute approximate surface area is 166 Å². The van der Waals surface area contributed by atoms with Gasteiger partial charge in [0.25, 0.3) is 0 Å². The Balaban J connectivity index is 1.52. The number of hydrogen-bond acceptors (Lipinski definition) is 6. The van der Waals surface area contributed by atoms with E-state index in [2.05, 4.69) is 15.5 Å². The molecule has 0 saturated carbocycles. The van der Waals surface area contributed by atoms with Gasteiger partial charge in [-0.25, -0.2) is 0 Å². The molecule has 1 unspecified atom stereocenters. The van der Waals surface area contributed by atoms with Crippen LogP contribution in [0.2, 0.25) is 0 Å². The number of aromatic nitrogens is 2. The first-order valence-corrected chi connectivity index (χ1v) is 10.7. The fourth-order valence-electron chi connectivity index (χ4n) is 3.05. The SMILES string of the molecule is O=C(C(Sc1nnc(Nc2ccccc2)s1)c1ccccc1)N1CCCC1. The smallest absolute Gasteiger partial charge is 0.240 e. The Morgan fingerprint density at radius 2 is 1.67 bits per heavy atom. The van der Waals surface area contributed by atoms with Gasteiger partial charge < -0.3 is 10.2 Å². The van der Waals surface area contributed by atoms with Gasteiger partial charge in [-0.05, 0) is 30.5 Å². The Morgan fingerprint density at radius 1 is 1.00 bits per heavy atom. The van der Waals surface area contributed by atoms with Crippen LogP contribution in [-0.4, -0.2) is 34.1 Å². The minimum Gasteiger partial charge on any atom is -0.341 e. The number of nitrogens with one attached hydrogen (secondary N) is 1. The average Bonchev–Trinajstić information content (AvgIpc) is 3.39. The van der Waals surface area contributed by atoms with Gasteiger partial charge in [0.2, 0.25) is 11.0 Å². The Morgan fingerprint density at radius 3 is 2.37 bits per heavy atom. The Kier molecular flexibility index (Phi) is 5.69. The van der Waals surface area contributed by atoms with E-state index in [1.54, 1.807) is 0 Å². The minimum atomic E-state index is -0.290. The van der Waals surface area contributed by atoms with E-state index < -0.39 is 0 Å². The fraction of sp³-hybridized carbons (Fsp3) is 0.250. The van der Waals surface area contributed by atoms with Crippen LogP contribution in [0.4, 0.5) is 10.8 Å². The summed E-state index contributed by atoms with van der Waals surface area (Å²) in [6.07, 6.45) is 2.17. The summed E-state index contributed by atoms with van der Waals surface area (Å²) in [6.45, 7) is 1.69. The molecule has 1 aliphatic rings. The molecule has 1 aromatic heterocycles. The number of nitrogens with zero attached hydrogens (tertiary/aromatic N) is 3. The first-order valence-electron chi connectivity index (χ1n) is 8.95. The lowest BCUT2D eigenvalue weighted by Crippen LogP contribution is -2.31. The van der Waals surface area contributed by atoms with Crippen molar-refractivity contribution < 1.29 is 4.79 Å². The average molecular weight is 397 g/mol. The van der Waals surface area contributed by atoms with E-state index in [4.69, 9.17) is 0 Å². The molecule has 5 nitrogen and oxygen atoms in total. The highest BCUT2D eigenvalue weighted by atomic mass is 32.2. The number of benzene rings is 2. The number of hydrogen-bond donors (Lipinski definition) is 1. The molecule has 1 saturated heterocycles. The number of carbonyl (C=O) groups is 1. The molecule has 2 heterocycles. The molecule has 0 bridgehead atoms. The van der Waals surface area contributed by atoms with Gasteiger partial charge in [-0.1, -0.05) is 71.6 Å². The van der Waals surface area contributed by atoms with Crippen LogP contribution in [0, 0.1) is 0 Å². The van der Waals surface area contributed by atoms with E-state index in [0.29, 0.717) is 0 Å². The van der Waals surface area contributed by atoms with Gasteiger partial charge in [0.1, 0.15) is 5.25 Å². The number of likely N-dealkylation sites (tertiary alicyclic amines) is 1. The molecule has 0 radical (unpaired) electrons. The first-order chi connectivity index (χ1) is 13.3. The molecular formula is C20H20N4OS2. The van der Waals surface area contributed by atoms with E-state index in [9.17, 15) is 4.79 Å². The van der Waals surface area contributed by atoms with Crippen LogP contribution in [0.1, 0.15) is 23.7 Å². The summed E-state index contributed by atoms with van der Waals surface area (Å²) in [6, 6.07) is 19.8. The van der Waals surface area contributed by atoms with Crippen molar-refractivity contribution >= 4 is 39.8 Å². The lowest BCUT2D eigenvalue weighted by Gasteiger charge is -2.22. The largest absolute Gasteiger partial charge is 0.341 e. The molecule has 1 amide bonds. The molecule has 138 valence electrons. The fourth-order valence-corrected chi connectivity index (χ4v) is 5.09. The molecule has 1 aliphatic heterocycles. The highest BCUT2D eigenvalue weighted by molar-refractivity contribution is 8.01. The number of para-hydroxylation sites is 1. The zero-order valence-electron chi connectivity index (χ0n) is 14.7. The van der Waals surface area contributed by atoms with Gasteiger partial charge in [0.15, 0.2) is 4.34 Å². The van der Waals surface area contributed by atoms with Crippen molar-refractivity contribution in [3.8, 4) is 0 Å². The van der Waals surface area contributed by atoms with Crippen LogP contribution in [0.15, 0.2) is 65.0 Å². The molecule has 2 aromatic carbocycles. The summed E-state index contributed by atoms with van der Waals surface area (Å²) in [5.74, 6) is 0.163. The molecule has 27 heavy (non-hydrogen) atoms. The van der Waals surface area contributed by atoms with Crippen LogP contribution in [0.25, 0.3) is 0 Å². The van der Waals surface area contributed by atoms with Gasteiger partial charge in [0, 0.05) is 18.8 Å². The molecule has 1 fully saturated rings. The third-order valence-corrected chi connectivity index (χ3v) is 6.56. The third-order valence-electron chi connectivity index (χ3n) is 4.39. The normalized spacial score (nSPS) is 14.9. The number of rotatable bonds is 6. The number of amides is 1. The van der Waals surface area contributed by atoms with Crippen molar-refractivity contribution in [2.24, 2.45) is 0 Å². The second kappa shape index (κ2) is 8.54. The zero-order valence-corrected chi connectivity index (χ0v) is 16.4. The Bertz CT molecular complexity index is 879. The molecule has 4 rings (SSSR count). The standard InChI is InChI=1S/C20H20N4OS2/c25-18(24-13-7-8-14-24)17(15-9-3-1-4-10-15)26-20-23-22-19(27-20)21-16-11-5-2-6-12-16/h1-6,9-12,17H,7-8,13-14H2,(H,21,22). The molecule has 0 spiro atoms. The second-order valence-electron chi connectivity index (χ2n) is 6.31. The van der Waals surface area contributed by atoms with Crippen LogP contribution in [0.5, 0.6) is 0 Å². The van der Waals surface area contributed by atoms with Crippen molar-refractivity contribution in [3.05, 3.63) is 66.2 Å². The number of thioether (sulfide) groups is 1. The van der Waals surface area contributed by atoms with Crippen molar-refractivity contribution in [2.75, 3.05) is 18.4 Å². The number of carbonyl (C=O) groups excluding carboxylic acids is 1. The van der Waals surface area contributed by atoms with Gasteiger partial charge in [-0.3, -0.25) is 4.79 Å².